The minimum atomic E-state index is -0.629. The van der Waals surface area contributed by atoms with Gasteiger partial charge in [-0.3, -0.25) is 24.2 Å². The van der Waals surface area contributed by atoms with Crippen LogP contribution in [0.25, 0.3) is 99.4 Å². The van der Waals surface area contributed by atoms with Gasteiger partial charge >= 0.3 is 11.4 Å². The number of rotatable bonds is 8. The van der Waals surface area contributed by atoms with Gasteiger partial charge in [-0.1, -0.05) is 101 Å². The van der Waals surface area contributed by atoms with Crippen molar-refractivity contribution in [1.82, 2.24) is 44.0 Å². The Bertz CT molecular complexity index is 4450. The number of aromatic amines is 2. The fraction of sp³-hybridized carbons (Fsp3) is 0.0545. The first-order valence-electron chi connectivity index (χ1n) is 22.3. The summed E-state index contributed by atoms with van der Waals surface area (Å²) in [5, 5.41) is 13.4. The van der Waals surface area contributed by atoms with Crippen molar-refractivity contribution in [3.63, 3.8) is 0 Å². The number of fused-ring (bicyclic) bond motifs is 4. The molecule has 0 spiro atoms. The lowest BCUT2D eigenvalue weighted by Crippen LogP contribution is -2.33. The third kappa shape index (κ3) is 7.27. The summed E-state index contributed by atoms with van der Waals surface area (Å²) >= 11 is 13.8. The highest BCUT2D eigenvalue weighted by atomic mass is 35.5. The molecular weight excluding hydrogens is 938 g/mol. The molecule has 0 aliphatic carbocycles. The Kier molecular flexibility index (Phi) is 10.3. The third-order valence-electron chi connectivity index (χ3n) is 12.9. The number of hydrogen-bond acceptors (Lipinski definition) is 9. The van der Waals surface area contributed by atoms with Crippen LogP contribution in [0.4, 0.5) is 0 Å². The summed E-state index contributed by atoms with van der Waals surface area (Å²) in [6.07, 6.45) is 10.2. The Morgan fingerprint density at radius 1 is 0.592 bits per heavy atom. The van der Waals surface area contributed by atoms with E-state index in [1.807, 2.05) is 93.0 Å². The van der Waals surface area contributed by atoms with Crippen LogP contribution >= 0.6 is 23.2 Å². The molecule has 0 saturated heterocycles. The molecule has 12 aromatic rings. The number of pyridine rings is 2. The second kappa shape index (κ2) is 16.9. The van der Waals surface area contributed by atoms with Crippen LogP contribution in [0.2, 0.25) is 10.0 Å². The number of nitrogens with zero attached hydrogens (tertiary/aromatic N) is 7. The van der Waals surface area contributed by atoms with Crippen molar-refractivity contribution >= 4 is 66.6 Å². The van der Waals surface area contributed by atoms with Gasteiger partial charge in [-0.2, -0.15) is 5.10 Å². The van der Waals surface area contributed by atoms with E-state index >= 15 is 0 Å². The summed E-state index contributed by atoms with van der Waals surface area (Å²) in [5.41, 5.74) is 7.33. The van der Waals surface area contributed by atoms with Crippen molar-refractivity contribution in [1.29, 1.82) is 0 Å². The van der Waals surface area contributed by atoms with Crippen molar-refractivity contribution < 1.29 is 4.52 Å². The first kappa shape index (κ1) is 43.3. The minimum absolute atomic E-state index is 0.304. The van der Waals surface area contributed by atoms with Crippen molar-refractivity contribution in [2.45, 2.75) is 13.3 Å². The quantitative estimate of drug-likeness (QED) is 0.150. The molecule has 0 radical (unpaired) electrons. The molecule has 0 fully saturated rings. The van der Waals surface area contributed by atoms with Crippen LogP contribution in [-0.4, -0.2) is 44.0 Å². The predicted molar refractivity (Wildman–Crippen MR) is 277 cm³/mol. The number of halogens is 2. The summed E-state index contributed by atoms with van der Waals surface area (Å²) in [6, 6.07) is 34.7. The molecular formula is C55H35Cl2N9O5. The fourth-order valence-electron chi connectivity index (χ4n) is 9.69. The van der Waals surface area contributed by atoms with E-state index in [4.69, 9.17) is 27.7 Å². The highest BCUT2D eigenvalue weighted by Crippen LogP contribution is 2.41. The first-order chi connectivity index (χ1) is 34.5. The largest absolute Gasteiger partial charge is 0.364 e. The lowest BCUT2D eigenvalue weighted by atomic mass is 9.92. The van der Waals surface area contributed by atoms with Crippen LogP contribution in [0.1, 0.15) is 16.8 Å². The maximum atomic E-state index is 14.3. The molecule has 0 aliphatic heterocycles. The Hall–Kier alpha value is -8.98. The molecule has 0 unspecified atom stereocenters. The molecule has 6 heterocycles. The van der Waals surface area contributed by atoms with E-state index < -0.39 is 22.5 Å². The fourth-order valence-corrected chi connectivity index (χ4v) is 10.3. The number of hydrogen-bond donors (Lipinski definition) is 2. The molecule has 0 atom stereocenters. The SMILES string of the molecule is Cc1cn(C)nc1-c1cccc(Cl)c1-c1ccc2c(=O)n(-c3cncc4cc(Cc5nocc5-c5cccc(Cl)c5-c5ccc6c(=O)n(-c7cncc8ccccc78)c(=O)[nH]c6c5)ccc34)c(=O)[nH]c2c1. The van der Waals surface area contributed by atoms with E-state index in [0.29, 0.717) is 99.3 Å². The molecule has 6 aromatic carbocycles. The second-order valence-corrected chi connectivity index (χ2v) is 18.1. The van der Waals surface area contributed by atoms with E-state index in [1.54, 1.807) is 65.8 Å². The molecule has 0 bridgehead atoms. The van der Waals surface area contributed by atoms with Gasteiger partial charge in [0.25, 0.3) is 11.1 Å². The Labute approximate surface area is 410 Å². The van der Waals surface area contributed by atoms with Crippen LogP contribution in [-0.2, 0) is 13.5 Å². The Morgan fingerprint density at radius 2 is 1.17 bits per heavy atom. The zero-order valence-corrected chi connectivity index (χ0v) is 39.1. The van der Waals surface area contributed by atoms with Gasteiger partial charge in [0.1, 0.15) is 6.26 Å². The minimum Gasteiger partial charge on any atom is -0.364 e. The van der Waals surface area contributed by atoms with Gasteiger partial charge in [0.15, 0.2) is 0 Å². The standard InChI is InChI=1S/C55H35Cl2N9O5/c1-29-27-64(2)62-51(29)40-10-6-12-43(57)50(40)32-15-18-39-45(22-32)61-55(70)66(53(39)68)48-26-59-24-34-19-30(13-16-36(34)48)20-46-41(28-71-63-46)37-9-5-11-42(56)49(37)31-14-17-38-44(21-31)60-54(69)65(52(38)67)47-25-58-23-33-7-3-4-8-35(33)47/h3-19,21-28H,20H2,1-2H3,(H,60,69)(H,61,70). The number of H-pyrrole nitrogens is 2. The van der Waals surface area contributed by atoms with E-state index in [-0.39, 0.29) is 0 Å². The maximum Gasteiger partial charge on any atom is 0.333 e. The number of nitrogens with one attached hydrogen (secondary N) is 2. The zero-order valence-electron chi connectivity index (χ0n) is 37.6. The van der Waals surface area contributed by atoms with Gasteiger partial charge in [-0.05, 0) is 77.2 Å². The van der Waals surface area contributed by atoms with Crippen molar-refractivity contribution in [3.05, 3.63) is 221 Å². The van der Waals surface area contributed by atoms with Gasteiger partial charge < -0.3 is 14.5 Å². The lowest BCUT2D eigenvalue weighted by molar-refractivity contribution is 0.413. The molecule has 0 saturated carbocycles. The molecule has 0 aliphatic rings. The number of benzene rings is 6. The first-order valence-corrected chi connectivity index (χ1v) is 23.1. The molecule has 0 amide bonds. The molecule has 71 heavy (non-hydrogen) atoms. The molecule has 16 heteroatoms. The van der Waals surface area contributed by atoms with Gasteiger partial charge in [-0.15, -0.1) is 0 Å². The molecule has 14 nitrogen and oxygen atoms in total. The molecule has 2 N–H and O–H groups in total. The van der Waals surface area contributed by atoms with E-state index in [1.165, 1.54) is 12.4 Å². The van der Waals surface area contributed by atoms with Crippen LogP contribution < -0.4 is 22.5 Å². The smallest absolute Gasteiger partial charge is 0.333 e. The highest BCUT2D eigenvalue weighted by molar-refractivity contribution is 6.34. The van der Waals surface area contributed by atoms with E-state index in [2.05, 4.69) is 30.2 Å². The van der Waals surface area contributed by atoms with Crippen LogP contribution in [0, 0.1) is 6.92 Å². The Morgan fingerprint density at radius 3 is 1.80 bits per heavy atom. The Balaban J connectivity index is 0.871. The predicted octanol–water partition coefficient (Wildman–Crippen LogP) is 10.4. The summed E-state index contributed by atoms with van der Waals surface area (Å²) in [7, 11) is 1.86. The average Bonchev–Trinajstić information content (AvgIpc) is 3.97. The average molecular weight is 973 g/mol. The maximum absolute atomic E-state index is 14.3. The number of aryl methyl sites for hydroxylation is 2. The normalized spacial score (nSPS) is 11.7. The third-order valence-corrected chi connectivity index (χ3v) is 13.5. The monoisotopic (exact) mass is 971 g/mol. The summed E-state index contributed by atoms with van der Waals surface area (Å²) in [4.78, 5) is 70.4. The van der Waals surface area contributed by atoms with Gasteiger partial charge in [0.05, 0.1) is 57.0 Å². The summed E-state index contributed by atoms with van der Waals surface area (Å²) in [5.74, 6) is 0. The second-order valence-electron chi connectivity index (χ2n) is 17.3. The van der Waals surface area contributed by atoms with Crippen molar-refractivity contribution in [2.75, 3.05) is 0 Å². The van der Waals surface area contributed by atoms with E-state index in [9.17, 15) is 19.2 Å². The lowest BCUT2D eigenvalue weighted by Gasteiger charge is -2.14. The van der Waals surface area contributed by atoms with Crippen LogP contribution in [0.15, 0.2) is 176 Å². The summed E-state index contributed by atoms with van der Waals surface area (Å²) in [6.45, 7) is 1.98. The van der Waals surface area contributed by atoms with Gasteiger partial charge in [-0.25, -0.2) is 18.7 Å². The zero-order chi connectivity index (χ0) is 48.7. The molecule has 344 valence electrons. The van der Waals surface area contributed by atoms with Crippen LogP contribution in [0.3, 0.4) is 0 Å². The number of aromatic nitrogens is 9. The van der Waals surface area contributed by atoms with Crippen LogP contribution in [0.5, 0.6) is 0 Å². The van der Waals surface area contributed by atoms with Gasteiger partial charge in [0.2, 0.25) is 0 Å². The topological polar surface area (TPSA) is 179 Å². The van der Waals surface area contributed by atoms with Crippen molar-refractivity contribution in [3.8, 4) is 56.0 Å². The van der Waals surface area contributed by atoms with Gasteiger partial charge in [0, 0.05) is 85.9 Å². The highest BCUT2D eigenvalue weighted by Gasteiger charge is 2.22. The summed E-state index contributed by atoms with van der Waals surface area (Å²) < 4.78 is 9.55. The van der Waals surface area contributed by atoms with E-state index in [0.717, 1.165) is 42.5 Å². The molecule has 6 aromatic heterocycles. The molecule has 12 rings (SSSR count). The van der Waals surface area contributed by atoms with Crippen molar-refractivity contribution in [2.24, 2.45) is 7.05 Å².